The standard InChI is InChI=1S/C13H23NO2S/c1-13(2,11-14)9-6-10-17(15,16)12-7-4-3-5-8-12/h12H,3-10H2,1-2H3. The summed E-state index contributed by atoms with van der Waals surface area (Å²) < 4.78 is 24.2. The maximum atomic E-state index is 12.1. The van der Waals surface area contributed by atoms with Crippen molar-refractivity contribution in [2.75, 3.05) is 5.75 Å². The lowest BCUT2D eigenvalue weighted by molar-refractivity contribution is 0.441. The van der Waals surface area contributed by atoms with Gasteiger partial charge in [-0.15, -0.1) is 0 Å². The summed E-state index contributed by atoms with van der Waals surface area (Å²) in [6.07, 6.45) is 6.22. The van der Waals surface area contributed by atoms with Gasteiger partial charge in [-0.05, 0) is 39.5 Å². The van der Waals surface area contributed by atoms with Crippen LogP contribution in [0.5, 0.6) is 0 Å². The van der Waals surface area contributed by atoms with Crippen molar-refractivity contribution < 1.29 is 8.42 Å². The average molecular weight is 257 g/mol. The summed E-state index contributed by atoms with van der Waals surface area (Å²) in [4.78, 5) is 0. The van der Waals surface area contributed by atoms with E-state index in [1.807, 2.05) is 13.8 Å². The molecule has 0 saturated heterocycles. The molecule has 1 saturated carbocycles. The van der Waals surface area contributed by atoms with Crippen LogP contribution in [-0.2, 0) is 9.84 Å². The van der Waals surface area contributed by atoms with Crippen molar-refractivity contribution in [1.29, 1.82) is 5.26 Å². The highest BCUT2D eigenvalue weighted by molar-refractivity contribution is 7.92. The van der Waals surface area contributed by atoms with Crippen molar-refractivity contribution in [2.24, 2.45) is 5.41 Å². The van der Waals surface area contributed by atoms with E-state index in [1.165, 1.54) is 6.42 Å². The van der Waals surface area contributed by atoms with Crippen LogP contribution in [0.25, 0.3) is 0 Å². The Bertz CT molecular complexity index is 373. The van der Waals surface area contributed by atoms with Gasteiger partial charge in [0.05, 0.1) is 22.5 Å². The summed E-state index contributed by atoms with van der Waals surface area (Å²) in [6.45, 7) is 3.72. The molecule has 0 heterocycles. The molecule has 0 aromatic rings. The van der Waals surface area contributed by atoms with Crippen LogP contribution >= 0.6 is 0 Å². The first kappa shape index (κ1) is 14.5. The van der Waals surface area contributed by atoms with E-state index in [1.54, 1.807) is 0 Å². The van der Waals surface area contributed by atoms with Gasteiger partial charge in [0.25, 0.3) is 0 Å². The van der Waals surface area contributed by atoms with E-state index < -0.39 is 15.3 Å². The second kappa shape index (κ2) is 5.86. The summed E-state index contributed by atoms with van der Waals surface area (Å²) in [6, 6.07) is 2.21. The first-order chi connectivity index (χ1) is 7.87. The lowest BCUT2D eigenvalue weighted by Gasteiger charge is -2.22. The van der Waals surface area contributed by atoms with Crippen LogP contribution < -0.4 is 0 Å². The van der Waals surface area contributed by atoms with Crippen LogP contribution in [0.1, 0.15) is 58.8 Å². The Morgan fingerprint density at radius 2 is 1.82 bits per heavy atom. The quantitative estimate of drug-likeness (QED) is 0.760. The van der Waals surface area contributed by atoms with Crippen LogP contribution in [0.4, 0.5) is 0 Å². The van der Waals surface area contributed by atoms with Crippen LogP contribution in [-0.4, -0.2) is 19.4 Å². The predicted molar refractivity (Wildman–Crippen MR) is 69.3 cm³/mol. The molecule has 1 rings (SSSR count). The largest absolute Gasteiger partial charge is 0.229 e. The summed E-state index contributed by atoms with van der Waals surface area (Å²) in [5.41, 5.74) is -0.401. The number of hydrogen-bond donors (Lipinski definition) is 0. The molecule has 0 atom stereocenters. The Balaban J connectivity index is 2.42. The molecule has 0 aromatic carbocycles. The zero-order valence-electron chi connectivity index (χ0n) is 10.9. The molecule has 0 amide bonds. The van der Waals surface area contributed by atoms with E-state index in [2.05, 4.69) is 6.07 Å². The number of rotatable bonds is 5. The van der Waals surface area contributed by atoms with E-state index in [9.17, 15) is 8.42 Å². The van der Waals surface area contributed by atoms with Crippen molar-refractivity contribution >= 4 is 9.84 Å². The minimum absolute atomic E-state index is 0.110. The van der Waals surface area contributed by atoms with Gasteiger partial charge in [0.15, 0.2) is 9.84 Å². The van der Waals surface area contributed by atoms with E-state index in [0.717, 1.165) is 25.7 Å². The molecule has 1 aliphatic rings. The average Bonchev–Trinajstić information content (AvgIpc) is 2.30. The molecular formula is C13H23NO2S. The number of hydrogen-bond acceptors (Lipinski definition) is 3. The van der Waals surface area contributed by atoms with E-state index >= 15 is 0 Å². The SMILES string of the molecule is CC(C)(C#N)CCCS(=O)(=O)C1CCCCC1. The third kappa shape index (κ3) is 4.67. The Morgan fingerprint density at radius 3 is 2.35 bits per heavy atom. The van der Waals surface area contributed by atoms with Crippen molar-refractivity contribution in [2.45, 2.75) is 64.0 Å². The van der Waals surface area contributed by atoms with Gasteiger partial charge >= 0.3 is 0 Å². The van der Waals surface area contributed by atoms with Gasteiger partial charge in [0, 0.05) is 0 Å². The molecule has 3 nitrogen and oxygen atoms in total. The molecule has 0 radical (unpaired) electrons. The first-order valence-electron chi connectivity index (χ1n) is 6.50. The predicted octanol–water partition coefficient (Wildman–Crippen LogP) is 3.06. The van der Waals surface area contributed by atoms with Gasteiger partial charge < -0.3 is 0 Å². The van der Waals surface area contributed by atoms with Gasteiger partial charge in [-0.2, -0.15) is 5.26 Å². The minimum Gasteiger partial charge on any atom is -0.229 e. The second-order valence-electron chi connectivity index (χ2n) is 5.73. The molecule has 0 bridgehead atoms. The van der Waals surface area contributed by atoms with Crippen molar-refractivity contribution in [1.82, 2.24) is 0 Å². The highest BCUT2D eigenvalue weighted by Gasteiger charge is 2.27. The molecule has 1 aliphatic carbocycles. The number of nitrogens with zero attached hydrogens (tertiary/aromatic N) is 1. The van der Waals surface area contributed by atoms with Gasteiger partial charge in [-0.25, -0.2) is 8.42 Å². The summed E-state index contributed by atoms with van der Waals surface area (Å²) in [5.74, 6) is 0.253. The summed E-state index contributed by atoms with van der Waals surface area (Å²) in [5, 5.41) is 8.76. The fraction of sp³-hybridized carbons (Fsp3) is 0.923. The maximum Gasteiger partial charge on any atom is 0.153 e. The van der Waals surface area contributed by atoms with Gasteiger partial charge in [0.1, 0.15) is 0 Å². The Kier molecular flexibility index (Phi) is 5.00. The van der Waals surface area contributed by atoms with Gasteiger partial charge in [-0.1, -0.05) is 19.3 Å². The molecule has 0 aromatic heterocycles. The first-order valence-corrected chi connectivity index (χ1v) is 8.22. The van der Waals surface area contributed by atoms with Gasteiger partial charge in [-0.3, -0.25) is 0 Å². The van der Waals surface area contributed by atoms with Crippen LogP contribution in [0.15, 0.2) is 0 Å². The zero-order chi connectivity index (χ0) is 12.9. The normalized spacial score (nSPS) is 18.9. The Hall–Kier alpha value is -0.560. The molecule has 0 spiro atoms. The topological polar surface area (TPSA) is 57.9 Å². The van der Waals surface area contributed by atoms with Gasteiger partial charge in [0.2, 0.25) is 0 Å². The van der Waals surface area contributed by atoms with Crippen LogP contribution in [0.2, 0.25) is 0 Å². The van der Waals surface area contributed by atoms with Crippen molar-refractivity contribution in [3.63, 3.8) is 0 Å². The third-order valence-corrected chi connectivity index (χ3v) is 5.94. The highest BCUT2D eigenvalue weighted by Crippen LogP contribution is 2.26. The lowest BCUT2D eigenvalue weighted by Crippen LogP contribution is -2.27. The Morgan fingerprint density at radius 1 is 1.24 bits per heavy atom. The molecular weight excluding hydrogens is 234 g/mol. The smallest absolute Gasteiger partial charge is 0.153 e. The van der Waals surface area contributed by atoms with E-state index in [0.29, 0.717) is 12.8 Å². The van der Waals surface area contributed by atoms with Crippen LogP contribution in [0, 0.1) is 16.7 Å². The zero-order valence-corrected chi connectivity index (χ0v) is 11.7. The fourth-order valence-electron chi connectivity index (χ4n) is 2.36. The molecule has 0 aliphatic heterocycles. The molecule has 4 heteroatoms. The molecule has 0 unspecified atom stereocenters. The molecule has 1 fully saturated rings. The highest BCUT2D eigenvalue weighted by atomic mass is 32.2. The van der Waals surface area contributed by atoms with Crippen molar-refractivity contribution in [3.8, 4) is 6.07 Å². The van der Waals surface area contributed by atoms with Crippen molar-refractivity contribution in [3.05, 3.63) is 0 Å². The maximum absolute atomic E-state index is 12.1. The van der Waals surface area contributed by atoms with E-state index in [4.69, 9.17) is 5.26 Å². The summed E-state index contributed by atoms with van der Waals surface area (Å²) >= 11 is 0. The molecule has 0 N–H and O–H groups in total. The van der Waals surface area contributed by atoms with Crippen LogP contribution in [0.3, 0.4) is 0 Å². The number of sulfone groups is 1. The Labute approximate surface area is 105 Å². The molecule has 98 valence electrons. The third-order valence-electron chi connectivity index (χ3n) is 3.59. The fourth-order valence-corrected chi connectivity index (χ4v) is 4.29. The van der Waals surface area contributed by atoms with E-state index in [-0.39, 0.29) is 11.0 Å². The minimum atomic E-state index is -2.92. The lowest BCUT2D eigenvalue weighted by atomic mass is 9.90. The number of nitriles is 1. The second-order valence-corrected chi connectivity index (χ2v) is 8.13. The monoisotopic (exact) mass is 257 g/mol. The summed E-state index contributed by atoms with van der Waals surface area (Å²) in [7, 11) is -2.92. The molecule has 17 heavy (non-hydrogen) atoms.